The van der Waals surface area contributed by atoms with Crippen LogP contribution in [0.3, 0.4) is 0 Å². The molecule has 2 nitrogen and oxygen atoms in total. The molecule has 2 rings (SSSR count). The lowest BCUT2D eigenvalue weighted by molar-refractivity contribution is 0.111. The molecule has 3 heteroatoms. The van der Waals surface area contributed by atoms with Crippen molar-refractivity contribution in [3.05, 3.63) is 16.1 Å². The second-order valence-corrected chi connectivity index (χ2v) is 4.82. The summed E-state index contributed by atoms with van der Waals surface area (Å²) in [6, 6.07) is 0. The molecule has 1 saturated carbocycles. The van der Waals surface area contributed by atoms with Crippen LogP contribution in [0.25, 0.3) is 0 Å². The number of nitrogens with zero attached hydrogens (tertiary/aromatic N) is 1. The first-order valence-corrected chi connectivity index (χ1v) is 5.54. The van der Waals surface area contributed by atoms with Crippen LogP contribution in [0.2, 0.25) is 0 Å². The highest BCUT2D eigenvalue weighted by Gasteiger charge is 2.33. The number of rotatable bonds is 2. The summed E-state index contributed by atoms with van der Waals surface area (Å²) >= 11 is 1.63. The largest absolute Gasteiger partial charge is 0.296 e. The normalized spacial score (nSPS) is 20.4. The third-order valence-corrected chi connectivity index (χ3v) is 4.03. The third kappa shape index (κ3) is 1.53. The first-order chi connectivity index (χ1) is 6.24. The Labute approximate surface area is 82.0 Å². The summed E-state index contributed by atoms with van der Waals surface area (Å²) in [6.45, 7) is 2.26. The van der Waals surface area contributed by atoms with Crippen molar-refractivity contribution in [1.82, 2.24) is 4.98 Å². The number of aldehydes is 1. The predicted molar refractivity (Wildman–Crippen MR) is 53.3 cm³/mol. The summed E-state index contributed by atoms with van der Waals surface area (Å²) in [7, 11) is 0. The molecule has 0 aliphatic heterocycles. The molecule has 0 radical (unpaired) electrons. The summed E-state index contributed by atoms with van der Waals surface area (Å²) in [4.78, 5) is 14.8. The number of carbonyl (C=O) groups excluding carboxylic acids is 1. The average Bonchev–Trinajstić information content (AvgIpc) is 2.72. The highest BCUT2D eigenvalue weighted by atomic mass is 32.1. The molecule has 0 atom stereocenters. The number of hydrogen-bond donors (Lipinski definition) is 0. The van der Waals surface area contributed by atoms with Gasteiger partial charge < -0.3 is 0 Å². The number of aromatic nitrogens is 1. The summed E-state index contributed by atoms with van der Waals surface area (Å²) in [5, 5.41) is 3.00. The highest BCUT2D eigenvalue weighted by molar-refractivity contribution is 7.10. The Kier molecular flexibility index (Phi) is 2.20. The van der Waals surface area contributed by atoms with E-state index in [1.54, 1.807) is 11.3 Å². The van der Waals surface area contributed by atoms with E-state index >= 15 is 0 Å². The zero-order valence-electron chi connectivity index (χ0n) is 7.75. The Morgan fingerprint density at radius 2 is 2.23 bits per heavy atom. The van der Waals surface area contributed by atoms with Gasteiger partial charge in [0.15, 0.2) is 6.29 Å². The SMILES string of the molecule is CC1(c2nc(C=O)cs2)CCCC1. The monoisotopic (exact) mass is 195 g/mol. The summed E-state index contributed by atoms with van der Waals surface area (Å²) in [5.74, 6) is 0. The molecular formula is C10H13NOS. The Hall–Kier alpha value is -0.700. The Bertz CT molecular complexity index is 312. The Morgan fingerprint density at radius 3 is 2.77 bits per heavy atom. The highest BCUT2D eigenvalue weighted by Crippen LogP contribution is 2.41. The van der Waals surface area contributed by atoms with Crippen molar-refractivity contribution in [1.29, 1.82) is 0 Å². The molecule has 1 fully saturated rings. The van der Waals surface area contributed by atoms with E-state index in [-0.39, 0.29) is 5.41 Å². The van der Waals surface area contributed by atoms with Gasteiger partial charge in [0.1, 0.15) is 5.69 Å². The quantitative estimate of drug-likeness (QED) is 0.679. The van der Waals surface area contributed by atoms with Crippen molar-refractivity contribution in [3.8, 4) is 0 Å². The standard InChI is InChI=1S/C10H13NOS/c1-10(4-2-3-5-10)9-11-8(6-12)7-13-9/h6-7H,2-5H2,1H3. The maximum atomic E-state index is 10.5. The molecule has 70 valence electrons. The van der Waals surface area contributed by atoms with Gasteiger partial charge in [0, 0.05) is 10.8 Å². The molecule has 13 heavy (non-hydrogen) atoms. The Morgan fingerprint density at radius 1 is 1.54 bits per heavy atom. The minimum atomic E-state index is 0.256. The van der Waals surface area contributed by atoms with Crippen LogP contribution in [0.1, 0.15) is 48.1 Å². The summed E-state index contributed by atoms with van der Waals surface area (Å²) in [6.07, 6.45) is 5.87. The lowest BCUT2D eigenvalue weighted by Gasteiger charge is -2.19. The van der Waals surface area contributed by atoms with Gasteiger partial charge in [0.2, 0.25) is 0 Å². The van der Waals surface area contributed by atoms with Crippen LogP contribution < -0.4 is 0 Å². The van der Waals surface area contributed by atoms with E-state index in [0.717, 1.165) is 11.3 Å². The van der Waals surface area contributed by atoms with Crippen LogP contribution in [-0.2, 0) is 5.41 Å². The minimum Gasteiger partial charge on any atom is -0.296 e. The molecule has 0 bridgehead atoms. The van der Waals surface area contributed by atoms with Crippen molar-refractivity contribution in [3.63, 3.8) is 0 Å². The van der Waals surface area contributed by atoms with Crippen molar-refractivity contribution < 1.29 is 4.79 Å². The molecule has 0 unspecified atom stereocenters. The zero-order valence-corrected chi connectivity index (χ0v) is 8.56. The molecular weight excluding hydrogens is 182 g/mol. The molecule has 0 spiro atoms. The molecule has 0 N–H and O–H groups in total. The van der Waals surface area contributed by atoms with Gasteiger partial charge in [-0.15, -0.1) is 11.3 Å². The van der Waals surface area contributed by atoms with Crippen molar-refractivity contribution >= 4 is 17.6 Å². The Balaban J connectivity index is 2.28. The van der Waals surface area contributed by atoms with E-state index in [9.17, 15) is 4.79 Å². The van der Waals surface area contributed by atoms with Gasteiger partial charge >= 0.3 is 0 Å². The van der Waals surface area contributed by atoms with E-state index in [4.69, 9.17) is 0 Å². The van der Waals surface area contributed by atoms with Crippen molar-refractivity contribution in [2.24, 2.45) is 0 Å². The molecule has 1 heterocycles. The van der Waals surface area contributed by atoms with E-state index in [2.05, 4.69) is 11.9 Å². The van der Waals surface area contributed by atoms with Gasteiger partial charge in [0.05, 0.1) is 5.01 Å². The van der Waals surface area contributed by atoms with Crippen LogP contribution >= 0.6 is 11.3 Å². The lowest BCUT2D eigenvalue weighted by Crippen LogP contribution is -2.16. The predicted octanol–water partition coefficient (Wildman–Crippen LogP) is 2.79. The molecule has 0 amide bonds. The van der Waals surface area contributed by atoms with Gasteiger partial charge in [0.25, 0.3) is 0 Å². The van der Waals surface area contributed by atoms with E-state index in [1.165, 1.54) is 25.7 Å². The van der Waals surface area contributed by atoms with Crippen LogP contribution in [-0.4, -0.2) is 11.3 Å². The number of carbonyl (C=O) groups is 1. The first-order valence-electron chi connectivity index (χ1n) is 4.66. The van der Waals surface area contributed by atoms with Gasteiger partial charge in [-0.2, -0.15) is 0 Å². The zero-order chi connectivity index (χ0) is 9.31. The molecule has 0 saturated heterocycles. The second-order valence-electron chi connectivity index (χ2n) is 3.96. The smallest absolute Gasteiger partial charge is 0.169 e. The maximum absolute atomic E-state index is 10.5. The van der Waals surface area contributed by atoms with Crippen LogP contribution in [0, 0.1) is 0 Å². The first kappa shape index (κ1) is 8.88. The molecule has 1 aromatic rings. The van der Waals surface area contributed by atoms with Crippen molar-refractivity contribution in [2.45, 2.75) is 38.0 Å². The fourth-order valence-corrected chi connectivity index (χ4v) is 2.97. The number of hydrogen-bond acceptors (Lipinski definition) is 3. The lowest BCUT2D eigenvalue weighted by atomic mass is 9.90. The van der Waals surface area contributed by atoms with E-state index in [1.807, 2.05) is 5.38 Å². The van der Waals surface area contributed by atoms with Gasteiger partial charge in [-0.3, -0.25) is 4.79 Å². The van der Waals surface area contributed by atoms with E-state index < -0.39 is 0 Å². The molecule has 1 aliphatic rings. The fraction of sp³-hybridized carbons (Fsp3) is 0.600. The average molecular weight is 195 g/mol. The topological polar surface area (TPSA) is 30.0 Å². The summed E-state index contributed by atoms with van der Waals surface area (Å²) in [5.41, 5.74) is 0.847. The summed E-state index contributed by atoms with van der Waals surface area (Å²) < 4.78 is 0. The minimum absolute atomic E-state index is 0.256. The fourth-order valence-electron chi connectivity index (χ4n) is 1.99. The third-order valence-electron chi connectivity index (χ3n) is 2.87. The van der Waals surface area contributed by atoms with Gasteiger partial charge in [-0.25, -0.2) is 4.98 Å². The molecule has 1 aromatic heterocycles. The second kappa shape index (κ2) is 3.22. The molecule has 1 aliphatic carbocycles. The molecule has 0 aromatic carbocycles. The van der Waals surface area contributed by atoms with E-state index in [0.29, 0.717) is 5.69 Å². The van der Waals surface area contributed by atoms with Crippen LogP contribution in [0.15, 0.2) is 5.38 Å². The van der Waals surface area contributed by atoms with Crippen LogP contribution in [0.4, 0.5) is 0 Å². The van der Waals surface area contributed by atoms with Gasteiger partial charge in [-0.1, -0.05) is 19.8 Å². The van der Waals surface area contributed by atoms with Crippen LogP contribution in [0.5, 0.6) is 0 Å². The maximum Gasteiger partial charge on any atom is 0.169 e. The van der Waals surface area contributed by atoms with Gasteiger partial charge in [-0.05, 0) is 12.8 Å². The number of thiazole rings is 1. The van der Waals surface area contributed by atoms with Crippen molar-refractivity contribution in [2.75, 3.05) is 0 Å².